The number of rotatable bonds is 4. The molecular formula is C24H33N5O2S. The first kappa shape index (κ1) is 21.6. The minimum atomic E-state index is -3.46. The Balaban J connectivity index is 1.22. The van der Waals surface area contributed by atoms with Crippen molar-refractivity contribution in [1.29, 1.82) is 0 Å². The largest absolute Gasteiger partial charge is 0.355 e. The summed E-state index contributed by atoms with van der Waals surface area (Å²) in [6.07, 6.45) is 6.78. The normalized spacial score (nSPS) is 20.9. The Labute approximate surface area is 191 Å². The standard InChI is InChI=1S/C24H33N5O2S/c1-19-10-12-27(13-11-19)23-8-9-24(26-25-23)28-14-16-29(17-15-28)32(30,31)22-7-6-20-4-2-3-5-21(20)18-22/h6-9,18-19H,2-5,10-17H2,1H3. The third-order valence-electron chi connectivity index (χ3n) is 7.26. The summed E-state index contributed by atoms with van der Waals surface area (Å²) in [4.78, 5) is 4.87. The number of fused-ring (bicyclic) bond motifs is 1. The molecule has 8 heteroatoms. The third-order valence-corrected chi connectivity index (χ3v) is 9.16. The number of piperazine rings is 1. The van der Waals surface area contributed by atoms with Crippen molar-refractivity contribution in [2.24, 2.45) is 5.92 Å². The lowest BCUT2D eigenvalue weighted by atomic mass is 9.92. The van der Waals surface area contributed by atoms with Crippen LogP contribution in [0.4, 0.5) is 11.6 Å². The average Bonchev–Trinajstić information content (AvgIpc) is 2.84. The van der Waals surface area contributed by atoms with Crippen LogP contribution in [0.15, 0.2) is 35.2 Å². The van der Waals surface area contributed by atoms with Gasteiger partial charge >= 0.3 is 0 Å². The van der Waals surface area contributed by atoms with Crippen LogP contribution in [0.5, 0.6) is 0 Å². The van der Waals surface area contributed by atoms with Crippen molar-refractivity contribution in [2.45, 2.75) is 50.3 Å². The monoisotopic (exact) mass is 455 g/mol. The van der Waals surface area contributed by atoms with Gasteiger partial charge in [-0.05, 0) is 79.8 Å². The van der Waals surface area contributed by atoms with E-state index in [1.807, 2.05) is 18.2 Å². The molecule has 2 fully saturated rings. The topological polar surface area (TPSA) is 69.6 Å². The summed E-state index contributed by atoms with van der Waals surface area (Å²) in [7, 11) is -3.46. The van der Waals surface area contributed by atoms with Crippen molar-refractivity contribution in [3.63, 3.8) is 0 Å². The number of aryl methyl sites for hydroxylation is 2. The summed E-state index contributed by atoms with van der Waals surface area (Å²) < 4.78 is 28.1. The zero-order chi connectivity index (χ0) is 22.1. The second-order valence-electron chi connectivity index (χ2n) is 9.45. The Morgan fingerprint density at radius 2 is 1.38 bits per heavy atom. The SMILES string of the molecule is CC1CCN(c2ccc(N3CCN(S(=O)(=O)c4ccc5c(c4)CCCC5)CC3)nn2)CC1. The van der Waals surface area contributed by atoms with Gasteiger partial charge in [0.15, 0.2) is 11.6 Å². The minimum absolute atomic E-state index is 0.437. The van der Waals surface area contributed by atoms with Crippen molar-refractivity contribution in [2.75, 3.05) is 49.1 Å². The number of hydrogen-bond acceptors (Lipinski definition) is 6. The molecule has 1 aromatic heterocycles. The lowest BCUT2D eigenvalue weighted by Crippen LogP contribution is -2.49. The van der Waals surface area contributed by atoms with Gasteiger partial charge in [0.05, 0.1) is 4.90 Å². The fourth-order valence-electron chi connectivity index (χ4n) is 5.07. The first-order chi connectivity index (χ1) is 15.5. The first-order valence-corrected chi connectivity index (χ1v) is 13.4. The van der Waals surface area contributed by atoms with Crippen LogP contribution in [0, 0.1) is 5.92 Å². The molecule has 0 spiro atoms. The Morgan fingerprint density at radius 3 is 2.00 bits per heavy atom. The van der Waals surface area contributed by atoms with E-state index in [4.69, 9.17) is 0 Å². The average molecular weight is 456 g/mol. The maximum absolute atomic E-state index is 13.2. The minimum Gasteiger partial charge on any atom is -0.355 e. The quantitative estimate of drug-likeness (QED) is 0.706. The Bertz CT molecular complexity index is 1040. The molecule has 0 N–H and O–H groups in total. The van der Waals surface area contributed by atoms with E-state index in [2.05, 4.69) is 33.0 Å². The molecule has 0 saturated carbocycles. The summed E-state index contributed by atoms with van der Waals surface area (Å²) in [6.45, 7) is 6.55. The lowest BCUT2D eigenvalue weighted by molar-refractivity contribution is 0.383. The molecule has 2 aliphatic heterocycles. The second-order valence-corrected chi connectivity index (χ2v) is 11.4. The van der Waals surface area contributed by atoms with E-state index in [0.717, 1.165) is 49.9 Å². The van der Waals surface area contributed by atoms with Gasteiger partial charge in [0.2, 0.25) is 10.0 Å². The molecule has 172 valence electrons. The Hall–Kier alpha value is -2.19. The molecule has 2 aromatic rings. The fourth-order valence-corrected chi connectivity index (χ4v) is 6.54. The van der Waals surface area contributed by atoms with E-state index >= 15 is 0 Å². The predicted octanol–water partition coefficient (Wildman–Crippen LogP) is 3.10. The van der Waals surface area contributed by atoms with Crippen LogP contribution >= 0.6 is 0 Å². The number of aromatic nitrogens is 2. The first-order valence-electron chi connectivity index (χ1n) is 12.0. The van der Waals surface area contributed by atoms with Crippen LogP contribution in [-0.4, -0.2) is 62.2 Å². The van der Waals surface area contributed by atoms with Gasteiger partial charge in [0.1, 0.15) is 0 Å². The van der Waals surface area contributed by atoms with Gasteiger partial charge in [-0.1, -0.05) is 13.0 Å². The van der Waals surface area contributed by atoms with Crippen LogP contribution in [-0.2, 0) is 22.9 Å². The number of benzene rings is 1. The van der Waals surface area contributed by atoms with Crippen molar-refractivity contribution in [3.05, 3.63) is 41.5 Å². The summed E-state index contributed by atoms with van der Waals surface area (Å²) >= 11 is 0. The molecule has 1 aliphatic carbocycles. The summed E-state index contributed by atoms with van der Waals surface area (Å²) in [5, 5.41) is 8.92. The molecule has 0 amide bonds. The maximum atomic E-state index is 13.2. The van der Waals surface area contributed by atoms with Crippen molar-refractivity contribution in [3.8, 4) is 0 Å². The smallest absolute Gasteiger partial charge is 0.243 e. The second kappa shape index (κ2) is 8.98. The van der Waals surface area contributed by atoms with E-state index in [1.165, 1.54) is 30.4 Å². The summed E-state index contributed by atoms with van der Waals surface area (Å²) in [5.74, 6) is 2.55. The highest BCUT2D eigenvalue weighted by atomic mass is 32.2. The molecule has 0 atom stereocenters. The molecule has 5 rings (SSSR count). The van der Waals surface area contributed by atoms with Crippen molar-refractivity contribution >= 4 is 21.7 Å². The number of sulfonamides is 1. The highest BCUT2D eigenvalue weighted by Crippen LogP contribution is 2.27. The molecule has 3 heterocycles. The molecule has 0 radical (unpaired) electrons. The highest BCUT2D eigenvalue weighted by molar-refractivity contribution is 7.89. The molecule has 1 aromatic carbocycles. The van der Waals surface area contributed by atoms with Crippen molar-refractivity contribution < 1.29 is 8.42 Å². The van der Waals surface area contributed by atoms with Gasteiger partial charge < -0.3 is 9.80 Å². The van der Waals surface area contributed by atoms with E-state index in [0.29, 0.717) is 31.1 Å². The number of nitrogens with zero attached hydrogens (tertiary/aromatic N) is 5. The zero-order valence-electron chi connectivity index (χ0n) is 18.9. The van der Waals surface area contributed by atoms with E-state index in [-0.39, 0.29) is 0 Å². The van der Waals surface area contributed by atoms with E-state index in [9.17, 15) is 8.42 Å². The van der Waals surface area contributed by atoms with Gasteiger partial charge in [-0.25, -0.2) is 8.42 Å². The zero-order valence-corrected chi connectivity index (χ0v) is 19.7. The molecular weight excluding hydrogens is 422 g/mol. The Morgan fingerprint density at radius 1 is 0.781 bits per heavy atom. The van der Waals surface area contributed by atoms with E-state index < -0.39 is 10.0 Å². The molecule has 3 aliphatic rings. The molecule has 2 saturated heterocycles. The Kier molecular flexibility index (Phi) is 6.07. The maximum Gasteiger partial charge on any atom is 0.243 e. The molecule has 0 unspecified atom stereocenters. The van der Waals surface area contributed by atoms with Gasteiger partial charge in [-0.3, -0.25) is 0 Å². The highest BCUT2D eigenvalue weighted by Gasteiger charge is 2.30. The van der Waals surface area contributed by atoms with Crippen LogP contribution in [0.1, 0.15) is 43.7 Å². The molecule has 7 nitrogen and oxygen atoms in total. The van der Waals surface area contributed by atoms with Crippen molar-refractivity contribution in [1.82, 2.24) is 14.5 Å². The van der Waals surface area contributed by atoms with Gasteiger partial charge in [-0.2, -0.15) is 4.31 Å². The molecule has 0 bridgehead atoms. The fraction of sp³-hybridized carbons (Fsp3) is 0.583. The molecule has 32 heavy (non-hydrogen) atoms. The number of hydrogen-bond donors (Lipinski definition) is 0. The van der Waals surface area contributed by atoms with Gasteiger partial charge in [0.25, 0.3) is 0 Å². The van der Waals surface area contributed by atoms with Crippen LogP contribution in [0.3, 0.4) is 0 Å². The summed E-state index contributed by atoms with van der Waals surface area (Å²) in [5.41, 5.74) is 2.51. The number of anilines is 2. The lowest BCUT2D eigenvalue weighted by Gasteiger charge is -2.35. The van der Waals surface area contributed by atoms with Crippen LogP contribution in [0.25, 0.3) is 0 Å². The summed E-state index contributed by atoms with van der Waals surface area (Å²) in [6, 6.07) is 9.78. The van der Waals surface area contributed by atoms with Gasteiger partial charge in [0, 0.05) is 39.3 Å². The van der Waals surface area contributed by atoms with E-state index in [1.54, 1.807) is 10.4 Å². The number of piperidine rings is 1. The van der Waals surface area contributed by atoms with Gasteiger partial charge in [-0.15, -0.1) is 10.2 Å². The van der Waals surface area contributed by atoms with Crippen LogP contribution < -0.4 is 9.80 Å². The van der Waals surface area contributed by atoms with Crippen LogP contribution in [0.2, 0.25) is 0 Å². The third kappa shape index (κ3) is 4.35. The predicted molar refractivity (Wildman–Crippen MR) is 127 cm³/mol.